The molecule has 1 aromatic heterocycles. The minimum Gasteiger partial charge on any atom is -0.485 e. The van der Waals surface area contributed by atoms with Crippen molar-refractivity contribution in [2.75, 3.05) is 0 Å². The summed E-state index contributed by atoms with van der Waals surface area (Å²) in [6.45, 7) is 0.330. The van der Waals surface area contributed by atoms with E-state index < -0.39 is 0 Å². The zero-order valence-corrected chi connectivity index (χ0v) is 9.34. The lowest BCUT2D eigenvalue weighted by atomic mass is 10.3. The van der Waals surface area contributed by atoms with E-state index in [1.54, 1.807) is 0 Å². The van der Waals surface area contributed by atoms with Crippen LogP contribution in [0.2, 0.25) is 0 Å². The molecule has 0 saturated carbocycles. The van der Waals surface area contributed by atoms with Crippen molar-refractivity contribution in [3.05, 3.63) is 40.1 Å². The molecule has 0 saturated heterocycles. The zero-order valence-electron chi connectivity index (χ0n) is 7.18. The van der Waals surface area contributed by atoms with Gasteiger partial charge in [0.2, 0.25) is 12.2 Å². The smallest absolute Gasteiger partial charge is 0.213 e. The van der Waals surface area contributed by atoms with Crippen LogP contribution in [0.15, 0.2) is 35.2 Å². The number of nitrogens with zero attached hydrogens (tertiary/aromatic N) is 2. The molecule has 0 N–H and O–H groups in total. The van der Waals surface area contributed by atoms with Gasteiger partial charge in [0.1, 0.15) is 5.75 Å². The predicted molar refractivity (Wildman–Crippen MR) is 57.8 cm³/mol. The third-order valence-electron chi connectivity index (χ3n) is 1.59. The molecule has 72 valence electrons. The Morgan fingerprint density at radius 2 is 2.07 bits per heavy atom. The Bertz CT molecular complexity index is 386. The van der Waals surface area contributed by atoms with Crippen molar-refractivity contribution < 1.29 is 9.26 Å². The van der Waals surface area contributed by atoms with Gasteiger partial charge in [0.05, 0.1) is 0 Å². The first-order valence-corrected chi connectivity index (χ1v) is 5.06. The summed E-state index contributed by atoms with van der Waals surface area (Å²) in [5, 5.41) is 3.64. The summed E-state index contributed by atoms with van der Waals surface area (Å²) in [7, 11) is 0. The monoisotopic (exact) mass is 302 g/mol. The number of hydrogen-bond donors (Lipinski definition) is 0. The molecule has 1 heterocycles. The highest BCUT2D eigenvalue weighted by Crippen LogP contribution is 2.14. The Labute approximate surface area is 94.4 Å². The fourth-order valence-electron chi connectivity index (χ4n) is 0.935. The van der Waals surface area contributed by atoms with E-state index in [9.17, 15) is 0 Å². The predicted octanol–water partition coefficient (Wildman–Crippen LogP) is 2.25. The number of aromatic nitrogens is 2. The molecule has 1 aromatic carbocycles. The second kappa shape index (κ2) is 4.41. The van der Waals surface area contributed by atoms with Gasteiger partial charge < -0.3 is 9.26 Å². The van der Waals surface area contributed by atoms with Crippen molar-refractivity contribution in [1.29, 1.82) is 0 Å². The van der Waals surface area contributed by atoms with Crippen LogP contribution in [-0.2, 0) is 6.61 Å². The molecular weight excluding hydrogens is 295 g/mol. The molecule has 0 atom stereocenters. The van der Waals surface area contributed by atoms with Crippen LogP contribution >= 0.6 is 22.6 Å². The molecular formula is C9H7IN2O2. The minimum absolute atomic E-state index is 0.330. The van der Waals surface area contributed by atoms with E-state index in [-0.39, 0.29) is 0 Å². The maximum absolute atomic E-state index is 5.42. The Kier molecular flexibility index (Phi) is 2.97. The van der Waals surface area contributed by atoms with Gasteiger partial charge >= 0.3 is 0 Å². The average Bonchev–Trinajstić information content (AvgIpc) is 2.70. The highest BCUT2D eigenvalue weighted by molar-refractivity contribution is 14.1. The van der Waals surface area contributed by atoms with Gasteiger partial charge in [-0.1, -0.05) is 5.16 Å². The van der Waals surface area contributed by atoms with E-state index in [1.807, 2.05) is 24.3 Å². The Balaban J connectivity index is 1.95. The maximum Gasteiger partial charge on any atom is 0.213 e. The lowest BCUT2D eigenvalue weighted by molar-refractivity contribution is 0.286. The van der Waals surface area contributed by atoms with Crippen molar-refractivity contribution in [3.8, 4) is 5.75 Å². The van der Waals surface area contributed by atoms with Crippen LogP contribution in [0.5, 0.6) is 5.75 Å². The van der Waals surface area contributed by atoms with Gasteiger partial charge in [-0.25, -0.2) is 0 Å². The molecule has 0 aliphatic heterocycles. The van der Waals surface area contributed by atoms with Gasteiger partial charge in [-0.3, -0.25) is 0 Å². The fourth-order valence-corrected chi connectivity index (χ4v) is 1.29. The van der Waals surface area contributed by atoms with Crippen molar-refractivity contribution in [1.82, 2.24) is 10.1 Å². The lowest BCUT2D eigenvalue weighted by Gasteiger charge is -2.02. The van der Waals surface area contributed by atoms with Gasteiger partial charge in [0.25, 0.3) is 0 Å². The highest BCUT2D eigenvalue weighted by atomic mass is 127. The van der Waals surface area contributed by atoms with Crippen LogP contribution in [0.25, 0.3) is 0 Å². The van der Waals surface area contributed by atoms with Crippen LogP contribution in [0.1, 0.15) is 5.82 Å². The summed E-state index contributed by atoms with van der Waals surface area (Å²) in [5.41, 5.74) is 0. The molecule has 0 radical (unpaired) electrons. The quantitative estimate of drug-likeness (QED) is 0.816. The van der Waals surface area contributed by atoms with Crippen molar-refractivity contribution in [2.45, 2.75) is 6.61 Å². The maximum atomic E-state index is 5.42. The van der Waals surface area contributed by atoms with Gasteiger partial charge in [-0.05, 0) is 46.9 Å². The first-order chi connectivity index (χ1) is 6.84. The number of halogens is 1. The molecule has 0 unspecified atom stereocenters. The number of hydrogen-bond acceptors (Lipinski definition) is 4. The second-order valence-corrected chi connectivity index (χ2v) is 3.84. The first kappa shape index (κ1) is 9.45. The van der Waals surface area contributed by atoms with Crippen molar-refractivity contribution in [2.24, 2.45) is 0 Å². The van der Waals surface area contributed by atoms with E-state index in [1.165, 1.54) is 9.96 Å². The van der Waals surface area contributed by atoms with Crippen molar-refractivity contribution >= 4 is 22.6 Å². The zero-order chi connectivity index (χ0) is 9.80. The third kappa shape index (κ3) is 2.44. The summed E-state index contributed by atoms with van der Waals surface area (Å²) in [4.78, 5) is 3.84. The summed E-state index contributed by atoms with van der Waals surface area (Å²) in [5.74, 6) is 1.35. The van der Waals surface area contributed by atoms with Crippen LogP contribution < -0.4 is 4.74 Å². The van der Waals surface area contributed by atoms with E-state index in [0.717, 1.165) is 5.75 Å². The molecule has 2 rings (SSSR count). The molecule has 4 nitrogen and oxygen atoms in total. The van der Waals surface area contributed by atoms with E-state index in [4.69, 9.17) is 4.74 Å². The topological polar surface area (TPSA) is 48.2 Å². The van der Waals surface area contributed by atoms with Gasteiger partial charge in [0, 0.05) is 3.57 Å². The van der Waals surface area contributed by atoms with Crippen molar-refractivity contribution in [3.63, 3.8) is 0 Å². The molecule has 0 fully saturated rings. The largest absolute Gasteiger partial charge is 0.485 e. The van der Waals surface area contributed by atoms with E-state index in [2.05, 4.69) is 37.3 Å². The van der Waals surface area contributed by atoms with Gasteiger partial charge in [0.15, 0.2) is 6.61 Å². The Hall–Kier alpha value is -1.11. The van der Waals surface area contributed by atoms with Crippen LogP contribution in [0.4, 0.5) is 0 Å². The molecule has 0 aliphatic rings. The molecule has 14 heavy (non-hydrogen) atoms. The molecule has 5 heteroatoms. The Morgan fingerprint density at radius 1 is 1.29 bits per heavy atom. The average molecular weight is 302 g/mol. The third-order valence-corrected chi connectivity index (χ3v) is 2.31. The summed E-state index contributed by atoms with van der Waals surface area (Å²) in [6.07, 6.45) is 1.28. The number of ether oxygens (including phenoxy) is 1. The molecule has 0 amide bonds. The lowest BCUT2D eigenvalue weighted by Crippen LogP contribution is -1.96. The fraction of sp³-hybridized carbons (Fsp3) is 0.111. The summed E-state index contributed by atoms with van der Waals surface area (Å²) in [6, 6.07) is 7.77. The SMILES string of the molecule is Ic1ccc(OCc2ncon2)cc1. The summed E-state index contributed by atoms with van der Waals surface area (Å²) < 4.78 is 11.2. The first-order valence-electron chi connectivity index (χ1n) is 3.98. The number of rotatable bonds is 3. The van der Waals surface area contributed by atoms with E-state index >= 15 is 0 Å². The minimum atomic E-state index is 0.330. The summed E-state index contributed by atoms with van der Waals surface area (Å²) >= 11 is 2.24. The van der Waals surface area contributed by atoms with E-state index in [0.29, 0.717) is 12.4 Å². The molecule has 0 aliphatic carbocycles. The van der Waals surface area contributed by atoms with Gasteiger partial charge in [-0.2, -0.15) is 4.98 Å². The highest BCUT2D eigenvalue weighted by Gasteiger charge is 1.99. The molecule has 0 bridgehead atoms. The Morgan fingerprint density at radius 3 is 2.71 bits per heavy atom. The standard InChI is InChI=1S/C9H7IN2O2/c10-7-1-3-8(4-2-7)13-5-9-11-6-14-12-9/h1-4,6H,5H2. The van der Waals surface area contributed by atoms with Crippen LogP contribution in [-0.4, -0.2) is 10.1 Å². The molecule has 2 aromatic rings. The number of benzene rings is 1. The normalized spacial score (nSPS) is 10.1. The second-order valence-electron chi connectivity index (χ2n) is 2.59. The van der Waals surface area contributed by atoms with Gasteiger partial charge in [-0.15, -0.1) is 0 Å². The molecule has 0 spiro atoms. The van der Waals surface area contributed by atoms with Crippen LogP contribution in [0.3, 0.4) is 0 Å². The van der Waals surface area contributed by atoms with Crippen LogP contribution in [0, 0.1) is 3.57 Å².